The van der Waals surface area contributed by atoms with Crippen molar-refractivity contribution in [2.75, 3.05) is 18.9 Å². The van der Waals surface area contributed by atoms with Crippen LogP contribution in [0.3, 0.4) is 0 Å². The summed E-state index contributed by atoms with van der Waals surface area (Å²) in [6, 6.07) is 3.95. The Morgan fingerprint density at radius 2 is 2.06 bits per heavy atom. The van der Waals surface area contributed by atoms with Crippen molar-refractivity contribution in [1.82, 2.24) is 0 Å². The molecule has 0 saturated carbocycles. The maximum atomic E-state index is 13.1. The molecule has 1 aromatic rings. The minimum atomic E-state index is -0.631. The van der Waals surface area contributed by atoms with Crippen LogP contribution in [-0.2, 0) is 9.47 Å². The number of nitrogen functional groups attached to an aromatic ring is 1. The minimum Gasteiger partial charge on any atom is -0.483 e. The first-order valence-corrected chi connectivity index (χ1v) is 5.78. The van der Waals surface area contributed by atoms with E-state index in [9.17, 15) is 9.50 Å². The lowest BCUT2D eigenvalue weighted by molar-refractivity contribution is 0.00871. The topological polar surface area (TPSA) is 73.9 Å². The number of hydrogen-bond acceptors (Lipinski definition) is 5. The van der Waals surface area contributed by atoms with Crippen LogP contribution < -0.4 is 10.5 Å². The van der Waals surface area contributed by atoms with Crippen LogP contribution in [0.1, 0.15) is 0 Å². The van der Waals surface area contributed by atoms with Gasteiger partial charge in [-0.05, 0) is 12.1 Å². The number of nitrogens with two attached hydrogens (primary N) is 1. The molecule has 3 rings (SSSR count). The second-order valence-electron chi connectivity index (χ2n) is 4.50. The van der Waals surface area contributed by atoms with Crippen molar-refractivity contribution in [3.8, 4) is 5.75 Å². The highest BCUT2D eigenvalue weighted by Gasteiger charge is 2.48. The third kappa shape index (κ3) is 1.92. The van der Waals surface area contributed by atoms with Crippen molar-refractivity contribution in [1.29, 1.82) is 0 Å². The molecule has 2 unspecified atom stereocenters. The Hall–Kier alpha value is -1.37. The lowest BCUT2D eigenvalue weighted by Gasteiger charge is -2.18. The first kappa shape index (κ1) is 11.7. The maximum absolute atomic E-state index is 13.1. The fourth-order valence-electron chi connectivity index (χ4n) is 2.32. The molecule has 2 aliphatic heterocycles. The van der Waals surface area contributed by atoms with Gasteiger partial charge in [0, 0.05) is 6.07 Å². The number of rotatable bonds is 2. The average molecular weight is 255 g/mol. The highest BCUT2D eigenvalue weighted by molar-refractivity contribution is 5.52. The molecule has 6 heteroatoms. The molecular formula is C12H14FNO4. The summed E-state index contributed by atoms with van der Waals surface area (Å²) in [4.78, 5) is 0. The zero-order valence-corrected chi connectivity index (χ0v) is 9.58. The zero-order valence-electron chi connectivity index (χ0n) is 9.58. The average Bonchev–Trinajstić information content (AvgIpc) is 2.89. The van der Waals surface area contributed by atoms with Crippen LogP contribution in [-0.4, -0.2) is 42.7 Å². The number of hydrogen-bond donors (Lipinski definition) is 2. The Balaban J connectivity index is 1.75. The summed E-state index contributed by atoms with van der Waals surface area (Å²) in [6.07, 6.45) is -1.71. The Morgan fingerprint density at radius 1 is 1.28 bits per heavy atom. The van der Waals surface area contributed by atoms with Crippen LogP contribution in [0.2, 0.25) is 0 Å². The predicted molar refractivity (Wildman–Crippen MR) is 60.7 cm³/mol. The number of benzene rings is 1. The van der Waals surface area contributed by atoms with Crippen LogP contribution in [0, 0.1) is 5.82 Å². The van der Waals surface area contributed by atoms with E-state index in [1.165, 1.54) is 18.2 Å². The van der Waals surface area contributed by atoms with Crippen LogP contribution in [0.5, 0.6) is 5.75 Å². The third-order valence-electron chi connectivity index (χ3n) is 3.24. The van der Waals surface area contributed by atoms with Crippen LogP contribution in [0.15, 0.2) is 18.2 Å². The van der Waals surface area contributed by atoms with Crippen molar-refractivity contribution in [2.45, 2.75) is 24.4 Å². The van der Waals surface area contributed by atoms with E-state index >= 15 is 0 Å². The van der Waals surface area contributed by atoms with Gasteiger partial charge in [-0.2, -0.15) is 0 Å². The summed E-state index contributed by atoms with van der Waals surface area (Å²) in [7, 11) is 0. The van der Waals surface area contributed by atoms with E-state index in [0.717, 1.165) is 0 Å². The summed E-state index contributed by atoms with van der Waals surface area (Å²) in [5, 5.41) is 9.59. The Morgan fingerprint density at radius 3 is 2.89 bits per heavy atom. The zero-order chi connectivity index (χ0) is 12.7. The van der Waals surface area contributed by atoms with Gasteiger partial charge in [-0.15, -0.1) is 0 Å². The highest BCUT2D eigenvalue weighted by atomic mass is 19.1. The molecular weight excluding hydrogens is 241 g/mol. The smallest absolute Gasteiger partial charge is 0.151 e. The van der Waals surface area contributed by atoms with Gasteiger partial charge in [-0.25, -0.2) is 4.39 Å². The van der Waals surface area contributed by atoms with Crippen molar-refractivity contribution in [3.05, 3.63) is 24.0 Å². The fraction of sp³-hybridized carbons (Fsp3) is 0.500. The summed E-state index contributed by atoms with van der Waals surface area (Å²) < 4.78 is 29.6. The molecule has 0 bridgehead atoms. The second-order valence-corrected chi connectivity index (χ2v) is 4.50. The monoisotopic (exact) mass is 255 g/mol. The van der Waals surface area contributed by atoms with Crippen LogP contribution >= 0.6 is 0 Å². The quantitative estimate of drug-likeness (QED) is 0.744. The molecule has 2 fully saturated rings. The van der Waals surface area contributed by atoms with Gasteiger partial charge in [0.2, 0.25) is 0 Å². The molecule has 1 aromatic carbocycles. The van der Waals surface area contributed by atoms with E-state index in [0.29, 0.717) is 12.3 Å². The molecule has 2 heterocycles. The third-order valence-corrected chi connectivity index (χ3v) is 3.24. The molecule has 0 radical (unpaired) electrons. The van der Waals surface area contributed by atoms with E-state index in [1.54, 1.807) is 0 Å². The minimum absolute atomic E-state index is 0.230. The molecule has 18 heavy (non-hydrogen) atoms. The lowest BCUT2D eigenvalue weighted by Crippen LogP contribution is -2.34. The van der Waals surface area contributed by atoms with Crippen molar-refractivity contribution in [2.24, 2.45) is 0 Å². The molecule has 5 nitrogen and oxygen atoms in total. The maximum Gasteiger partial charge on any atom is 0.151 e. The van der Waals surface area contributed by atoms with Crippen molar-refractivity contribution >= 4 is 5.69 Å². The molecule has 4 atom stereocenters. The van der Waals surface area contributed by atoms with E-state index < -0.39 is 11.9 Å². The SMILES string of the molecule is Nc1ccc(F)cc1OC1CO[C@@H]2C(O)CO[C@H]12. The van der Waals surface area contributed by atoms with E-state index in [4.69, 9.17) is 19.9 Å². The van der Waals surface area contributed by atoms with Crippen molar-refractivity contribution in [3.63, 3.8) is 0 Å². The molecule has 0 spiro atoms. The molecule has 98 valence electrons. The van der Waals surface area contributed by atoms with Gasteiger partial charge < -0.3 is 25.1 Å². The first-order chi connectivity index (χ1) is 8.65. The molecule has 0 aromatic heterocycles. The van der Waals surface area contributed by atoms with Gasteiger partial charge in [-0.3, -0.25) is 0 Å². The standard InChI is InChI=1S/C12H14FNO4/c13-6-1-2-7(14)9(3-6)18-10-5-17-11-8(15)4-16-12(10)11/h1-3,8,10-12,15H,4-5,14H2/t8?,10?,11-,12-/m1/s1. The number of anilines is 1. The van der Waals surface area contributed by atoms with E-state index in [1.807, 2.05) is 0 Å². The fourth-order valence-corrected chi connectivity index (χ4v) is 2.32. The Kier molecular flexibility index (Phi) is 2.85. The lowest BCUT2D eigenvalue weighted by atomic mass is 10.1. The number of fused-ring (bicyclic) bond motifs is 1. The van der Waals surface area contributed by atoms with Crippen molar-refractivity contribution < 1.29 is 23.7 Å². The summed E-state index contributed by atoms with van der Waals surface area (Å²) in [6.45, 7) is 0.524. The Bertz CT molecular complexity index is 456. The number of ether oxygens (including phenoxy) is 3. The Labute approximate surface area is 103 Å². The van der Waals surface area contributed by atoms with Crippen LogP contribution in [0.25, 0.3) is 0 Å². The van der Waals surface area contributed by atoms with Gasteiger partial charge in [0.15, 0.2) is 6.10 Å². The predicted octanol–water partition coefficient (Wildman–Crippen LogP) is 0.314. The van der Waals surface area contributed by atoms with Gasteiger partial charge >= 0.3 is 0 Å². The number of halogens is 1. The van der Waals surface area contributed by atoms with Crippen LogP contribution in [0.4, 0.5) is 10.1 Å². The molecule has 0 aliphatic carbocycles. The number of aliphatic hydroxyl groups excluding tert-OH is 1. The van der Waals surface area contributed by atoms with Gasteiger partial charge in [0.05, 0.1) is 18.9 Å². The second kappa shape index (κ2) is 4.38. The van der Waals surface area contributed by atoms with E-state index in [-0.39, 0.29) is 30.7 Å². The summed E-state index contributed by atoms with van der Waals surface area (Å²) in [5.74, 6) is -0.142. The normalized spacial score (nSPS) is 34.6. The number of aliphatic hydroxyl groups is 1. The summed E-state index contributed by atoms with van der Waals surface area (Å²) in [5.41, 5.74) is 6.07. The first-order valence-electron chi connectivity index (χ1n) is 5.78. The van der Waals surface area contributed by atoms with Gasteiger partial charge in [-0.1, -0.05) is 0 Å². The van der Waals surface area contributed by atoms with Gasteiger partial charge in [0.1, 0.15) is 29.9 Å². The summed E-state index contributed by atoms with van der Waals surface area (Å²) >= 11 is 0. The molecule has 0 amide bonds. The largest absolute Gasteiger partial charge is 0.483 e. The van der Waals surface area contributed by atoms with Gasteiger partial charge in [0.25, 0.3) is 0 Å². The molecule has 2 saturated heterocycles. The molecule has 2 aliphatic rings. The van der Waals surface area contributed by atoms with E-state index in [2.05, 4.69) is 0 Å². The molecule has 3 N–H and O–H groups in total. The highest BCUT2D eigenvalue weighted by Crippen LogP contribution is 2.32.